The van der Waals surface area contributed by atoms with Gasteiger partial charge in [-0.1, -0.05) is 11.6 Å². The average molecular weight is 254 g/mol. The first kappa shape index (κ1) is 12.2. The van der Waals surface area contributed by atoms with E-state index in [1.807, 2.05) is 0 Å². The zero-order valence-corrected chi connectivity index (χ0v) is 10.6. The molecule has 0 radical (unpaired) electrons. The minimum Gasteiger partial charge on any atom is -0.507 e. The summed E-state index contributed by atoms with van der Waals surface area (Å²) in [6.45, 7) is 3.34. The first-order chi connectivity index (χ1) is 8.09. The standard InChI is InChI=1S/C13H16ClNO2/c1-9(16)10-7-11(14)12(8-13(10)17)15-5-3-2-4-6-15/h7-8,17H,2-6H2,1H3. The number of benzene rings is 1. The molecule has 1 fully saturated rings. The molecule has 92 valence electrons. The Morgan fingerprint density at radius 1 is 1.29 bits per heavy atom. The van der Waals surface area contributed by atoms with Crippen LogP contribution >= 0.6 is 11.6 Å². The van der Waals surface area contributed by atoms with Crippen molar-refractivity contribution in [1.29, 1.82) is 0 Å². The lowest BCUT2D eigenvalue weighted by molar-refractivity contribution is 0.101. The van der Waals surface area contributed by atoms with E-state index in [0.717, 1.165) is 31.6 Å². The van der Waals surface area contributed by atoms with Gasteiger partial charge in [0.25, 0.3) is 0 Å². The molecule has 1 aliphatic heterocycles. The molecule has 0 amide bonds. The van der Waals surface area contributed by atoms with Gasteiger partial charge in [0.2, 0.25) is 0 Å². The van der Waals surface area contributed by atoms with E-state index >= 15 is 0 Å². The number of hydrogen-bond acceptors (Lipinski definition) is 3. The third-order valence-corrected chi connectivity index (χ3v) is 3.44. The molecule has 2 rings (SSSR count). The van der Waals surface area contributed by atoms with Crippen molar-refractivity contribution in [2.24, 2.45) is 0 Å². The zero-order chi connectivity index (χ0) is 12.4. The van der Waals surface area contributed by atoms with Crippen LogP contribution in [0.4, 0.5) is 5.69 Å². The highest BCUT2D eigenvalue weighted by atomic mass is 35.5. The quantitative estimate of drug-likeness (QED) is 0.823. The highest BCUT2D eigenvalue weighted by Gasteiger charge is 2.17. The lowest BCUT2D eigenvalue weighted by Gasteiger charge is -2.29. The minimum atomic E-state index is -0.172. The molecule has 0 saturated carbocycles. The maximum atomic E-state index is 11.3. The first-order valence-corrected chi connectivity index (χ1v) is 6.26. The van der Waals surface area contributed by atoms with Crippen LogP contribution in [0.5, 0.6) is 5.75 Å². The second-order valence-corrected chi connectivity index (χ2v) is 4.83. The molecule has 1 aromatic carbocycles. The SMILES string of the molecule is CC(=O)c1cc(Cl)c(N2CCCCC2)cc1O. The van der Waals surface area contributed by atoms with Crippen LogP contribution in [0.1, 0.15) is 36.5 Å². The van der Waals surface area contributed by atoms with Gasteiger partial charge in [0, 0.05) is 19.2 Å². The maximum absolute atomic E-state index is 11.3. The summed E-state index contributed by atoms with van der Waals surface area (Å²) in [5.74, 6) is -0.155. The summed E-state index contributed by atoms with van der Waals surface area (Å²) in [6, 6.07) is 3.16. The summed E-state index contributed by atoms with van der Waals surface area (Å²) in [7, 11) is 0. The second kappa shape index (κ2) is 4.96. The van der Waals surface area contributed by atoms with Crippen LogP contribution in [0, 0.1) is 0 Å². The van der Waals surface area contributed by atoms with Gasteiger partial charge in [-0.15, -0.1) is 0 Å². The summed E-state index contributed by atoms with van der Waals surface area (Å²) >= 11 is 6.17. The molecule has 0 aromatic heterocycles. The number of halogens is 1. The number of phenolic OH excluding ortho intramolecular Hbond substituents is 1. The summed E-state index contributed by atoms with van der Waals surface area (Å²) in [5.41, 5.74) is 1.12. The molecular formula is C13H16ClNO2. The Hall–Kier alpha value is -1.22. The molecule has 1 aliphatic rings. The topological polar surface area (TPSA) is 40.5 Å². The smallest absolute Gasteiger partial charge is 0.163 e. The van der Waals surface area contributed by atoms with Crippen molar-refractivity contribution in [2.75, 3.05) is 18.0 Å². The van der Waals surface area contributed by atoms with Gasteiger partial charge in [0.05, 0.1) is 16.3 Å². The van der Waals surface area contributed by atoms with E-state index in [-0.39, 0.29) is 17.1 Å². The van der Waals surface area contributed by atoms with E-state index in [1.165, 1.54) is 13.3 Å². The molecule has 0 aliphatic carbocycles. The largest absolute Gasteiger partial charge is 0.507 e. The third-order valence-electron chi connectivity index (χ3n) is 3.14. The molecule has 4 heteroatoms. The molecule has 0 bridgehead atoms. The molecule has 0 unspecified atom stereocenters. The van der Waals surface area contributed by atoms with Crippen LogP contribution in [-0.2, 0) is 0 Å². The number of phenols is 1. The highest BCUT2D eigenvalue weighted by molar-refractivity contribution is 6.33. The van der Waals surface area contributed by atoms with Crippen LogP contribution in [0.25, 0.3) is 0 Å². The van der Waals surface area contributed by atoms with Gasteiger partial charge in [0.15, 0.2) is 5.78 Å². The van der Waals surface area contributed by atoms with Gasteiger partial charge in [-0.05, 0) is 32.3 Å². The Morgan fingerprint density at radius 2 is 1.94 bits per heavy atom. The van der Waals surface area contributed by atoms with Crippen molar-refractivity contribution < 1.29 is 9.90 Å². The van der Waals surface area contributed by atoms with E-state index in [1.54, 1.807) is 12.1 Å². The second-order valence-electron chi connectivity index (χ2n) is 4.42. The van der Waals surface area contributed by atoms with Crippen molar-refractivity contribution in [3.8, 4) is 5.75 Å². The fraction of sp³-hybridized carbons (Fsp3) is 0.462. The van der Waals surface area contributed by atoms with Crippen LogP contribution in [0.2, 0.25) is 5.02 Å². The summed E-state index contributed by atoms with van der Waals surface area (Å²) in [4.78, 5) is 13.4. The van der Waals surface area contributed by atoms with Gasteiger partial charge >= 0.3 is 0 Å². The molecule has 3 nitrogen and oxygen atoms in total. The monoisotopic (exact) mass is 253 g/mol. The predicted molar refractivity (Wildman–Crippen MR) is 69.2 cm³/mol. The number of carbonyl (C=O) groups is 1. The van der Waals surface area contributed by atoms with Crippen molar-refractivity contribution in [3.63, 3.8) is 0 Å². The Balaban J connectivity index is 2.35. The first-order valence-electron chi connectivity index (χ1n) is 5.88. The van der Waals surface area contributed by atoms with Crippen molar-refractivity contribution in [3.05, 3.63) is 22.7 Å². The fourth-order valence-corrected chi connectivity index (χ4v) is 2.49. The predicted octanol–water partition coefficient (Wildman–Crippen LogP) is 3.24. The highest BCUT2D eigenvalue weighted by Crippen LogP contribution is 2.34. The van der Waals surface area contributed by atoms with Gasteiger partial charge in [-0.2, -0.15) is 0 Å². The average Bonchev–Trinajstić information content (AvgIpc) is 2.32. The number of carbonyl (C=O) groups excluding carboxylic acids is 1. The van der Waals surface area contributed by atoms with Crippen molar-refractivity contribution in [1.82, 2.24) is 0 Å². The van der Waals surface area contributed by atoms with Crippen LogP contribution in [0.3, 0.4) is 0 Å². The third kappa shape index (κ3) is 2.55. The fourth-order valence-electron chi connectivity index (χ4n) is 2.21. The molecule has 1 saturated heterocycles. The Kier molecular flexibility index (Phi) is 3.57. The number of ketones is 1. The maximum Gasteiger partial charge on any atom is 0.163 e. The van der Waals surface area contributed by atoms with E-state index in [4.69, 9.17) is 11.6 Å². The number of anilines is 1. The summed E-state index contributed by atoms with van der Waals surface area (Å²) < 4.78 is 0. The number of rotatable bonds is 2. The van der Waals surface area contributed by atoms with E-state index in [9.17, 15) is 9.90 Å². The number of nitrogens with zero attached hydrogens (tertiary/aromatic N) is 1. The molecule has 1 N–H and O–H groups in total. The van der Waals surface area contributed by atoms with Crippen LogP contribution in [0.15, 0.2) is 12.1 Å². The molecule has 0 spiro atoms. The summed E-state index contributed by atoms with van der Waals surface area (Å²) in [6.07, 6.45) is 3.53. The van der Waals surface area contributed by atoms with Gasteiger partial charge in [-0.25, -0.2) is 0 Å². The van der Waals surface area contributed by atoms with E-state index < -0.39 is 0 Å². The summed E-state index contributed by atoms with van der Waals surface area (Å²) in [5, 5.41) is 10.3. The molecule has 0 atom stereocenters. The Bertz CT molecular complexity index is 439. The lowest BCUT2D eigenvalue weighted by Crippen LogP contribution is -2.29. The van der Waals surface area contributed by atoms with Gasteiger partial charge in [0.1, 0.15) is 5.75 Å². The van der Waals surface area contributed by atoms with Crippen LogP contribution < -0.4 is 4.90 Å². The van der Waals surface area contributed by atoms with E-state index in [2.05, 4.69) is 4.90 Å². The van der Waals surface area contributed by atoms with Crippen LogP contribution in [-0.4, -0.2) is 24.0 Å². The number of Topliss-reactive ketones (excluding diaryl/α,β-unsaturated/α-hetero) is 1. The number of aromatic hydroxyl groups is 1. The molecular weight excluding hydrogens is 238 g/mol. The Morgan fingerprint density at radius 3 is 2.53 bits per heavy atom. The Labute approximate surface area is 106 Å². The molecule has 1 aromatic rings. The molecule has 17 heavy (non-hydrogen) atoms. The molecule has 1 heterocycles. The number of piperidine rings is 1. The minimum absolute atomic E-state index is 0.0162. The zero-order valence-electron chi connectivity index (χ0n) is 9.87. The normalized spacial score (nSPS) is 16.0. The van der Waals surface area contributed by atoms with Crippen molar-refractivity contribution >= 4 is 23.1 Å². The van der Waals surface area contributed by atoms with Crippen molar-refractivity contribution in [2.45, 2.75) is 26.2 Å². The lowest BCUT2D eigenvalue weighted by atomic mass is 10.1. The number of hydrogen-bond donors (Lipinski definition) is 1. The van der Waals surface area contributed by atoms with E-state index in [0.29, 0.717) is 5.02 Å². The van der Waals surface area contributed by atoms with Gasteiger partial charge < -0.3 is 10.0 Å². The van der Waals surface area contributed by atoms with Gasteiger partial charge in [-0.3, -0.25) is 4.79 Å².